The lowest BCUT2D eigenvalue weighted by Gasteiger charge is -2.25. The van der Waals surface area contributed by atoms with Gasteiger partial charge in [-0.05, 0) is 6.42 Å². The lowest BCUT2D eigenvalue weighted by molar-refractivity contribution is 0.109. The first-order valence-electron chi connectivity index (χ1n) is 8.59. The summed E-state index contributed by atoms with van der Waals surface area (Å²) in [4.78, 5) is 0. The van der Waals surface area contributed by atoms with Crippen LogP contribution in [0.4, 0.5) is 0 Å². The molecule has 21 heavy (non-hydrogen) atoms. The van der Waals surface area contributed by atoms with Crippen molar-refractivity contribution in [3.05, 3.63) is 12.7 Å². The molecule has 0 N–H and O–H groups in total. The Hall–Kier alpha value is -0.163. The standard InChI is InChI=1S/C17H36O3Si/c1-5-7-8-9-10-11-12-13-14-15-17-21(18-3,19-4)20-16-6-2/h6H,2,5,7-17H2,1,3-4H3. The van der Waals surface area contributed by atoms with Crippen molar-refractivity contribution in [2.45, 2.75) is 77.2 Å². The van der Waals surface area contributed by atoms with Crippen LogP contribution in [0.25, 0.3) is 0 Å². The van der Waals surface area contributed by atoms with E-state index in [0.29, 0.717) is 6.61 Å². The molecule has 0 amide bonds. The van der Waals surface area contributed by atoms with Crippen LogP contribution in [-0.4, -0.2) is 29.6 Å². The third-order valence-electron chi connectivity index (χ3n) is 3.88. The molecule has 0 heterocycles. The van der Waals surface area contributed by atoms with Crippen molar-refractivity contribution >= 4 is 8.80 Å². The van der Waals surface area contributed by atoms with E-state index >= 15 is 0 Å². The second kappa shape index (κ2) is 14.8. The summed E-state index contributed by atoms with van der Waals surface area (Å²) in [5.74, 6) is 0. The highest BCUT2D eigenvalue weighted by atomic mass is 28.4. The molecule has 0 bridgehead atoms. The predicted molar refractivity (Wildman–Crippen MR) is 92.6 cm³/mol. The topological polar surface area (TPSA) is 27.7 Å². The molecule has 0 unspecified atom stereocenters. The Balaban J connectivity index is 3.55. The molecule has 3 nitrogen and oxygen atoms in total. The second-order valence-electron chi connectivity index (χ2n) is 5.62. The number of rotatable bonds is 16. The molecular formula is C17H36O3Si. The molecule has 0 saturated carbocycles. The number of hydrogen-bond acceptors (Lipinski definition) is 3. The maximum Gasteiger partial charge on any atom is 0.500 e. The minimum atomic E-state index is -2.43. The van der Waals surface area contributed by atoms with Gasteiger partial charge in [-0.3, -0.25) is 0 Å². The van der Waals surface area contributed by atoms with Crippen molar-refractivity contribution in [3.8, 4) is 0 Å². The quantitative estimate of drug-likeness (QED) is 0.218. The lowest BCUT2D eigenvalue weighted by Crippen LogP contribution is -2.43. The van der Waals surface area contributed by atoms with E-state index in [1.165, 1.54) is 57.8 Å². The Labute approximate surface area is 133 Å². The first-order valence-corrected chi connectivity index (χ1v) is 10.5. The molecule has 0 spiro atoms. The van der Waals surface area contributed by atoms with Crippen molar-refractivity contribution in [2.24, 2.45) is 0 Å². The Morgan fingerprint density at radius 1 is 0.810 bits per heavy atom. The minimum Gasteiger partial charge on any atom is -0.377 e. The molecule has 0 rings (SSSR count). The maximum atomic E-state index is 5.74. The normalized spacial score (nSPS) is 11.8. The van der Waals surface area contributed by atoms with Crippen LogP contribution >= 0.6 is 0 Å². The largest absolute Gasteiger partial charge is 0.500 e. The van der Waals surface area contributed by atoms with Gasteiger partial charge in [-0.1, -0.05) is 70.8 Å². The summed E-state index contributed by atoms with van der Waals surface area (Å²) in [7, 11) is 0.953. The van der Waals surface area contributed by atoms with Crippen LogP contribution < -0.4 is 0 Å². The van der Waals surface area contributed by atoms with E-state index in [1.54, 1.807) is 20.3 Å². The fourth-order valence-electron chi connectivity index (χ4n) is 2.49. The van der Waals surface area contributed by atoms with Gasteiger partial charge in [0.25, 0.3) is 0 Å². The van der Waals surface area contributed by atoms with E-state index in [0.717, 1.165) is 12.5 Å². The lowest BCUT2D eigenvalue weighted by atomic mass is 10.1. The van der Waals surface area contributed by atoms with Gasteiger partial charge in [-0.2, -0.15) is 0 Å². The zero-order chi connectivity index (χ0) is 15.8. The zero-order valence-corrected chi connectivity index (χ0v) is 15.5. The van der Waals surface area contributed by atoms with Crippen LogP contribution in [0.15, 0.2) is 12.7 Å². The molecule has 0 aromatic rings. The van der Waals surface area contributed by atoms with Crippen molar-refractivity contribution < 1.29 is 13.3 Å². The van der Waals surface area contributed by atoms with Gasteiger partial charge in [0.05, 0.1) is 6.61 Å². The summed E-state index contributed by atoms with van der Waals surface area (Å²) < 4.78 is 16.8. The summed E-state index contributed by atoms with van der Waals surface area (Å²) in [6, 6.07) is 0.907. The van der Waals surface area contributed by atoms with Gasteiger partial charge >= 0.3 is 8.80 Å². The van der Waals surface area contributed by atoms with Crippen LogP contribution in [0.1, 0.15) is 71.1 Å². The van der Waals surface area contributed by atoms with Gasteiger partial charge in [0.15, 0.2) is 0 Å². The van der Waals surface area contributed by atoms with E-state index in [2.05, 4.69) is 13.5 Å². The van der Waals surface area contributed by atoms with Crippen molar-refractivity contribution in [1.29, 1.82) is 0 Å². The smallest absolute Gasteiger partial charge is 0.377 e. The van der Waals surface area contributed by atoms with Gasteiger partial charge in [-0.15, -0.1) is 6.58 Å². The summed E-state index contributed by atoms with van der Waals surface area (Å²) >= 11 is 0. The van der Waals surface area contributed by atoms with E-state index in [4.69, 9.17) is 13.3 Å². The fraction of sp³-hybridized carbons (Fsp3) is 0.882. The SMILES string of the molecule is C=CCO[Si](CCCCCCCCCCCC)(OC)OC. The summed E-state index contributed by atoms with van der Waals surface area (Å²) in [6.45, 7) is 6.45. The molecule has 0 aliphatic heterocycles. The van der Waals surface area contributed by atoms with Crippen LogP contribution in [0, 0.1) is 0 Å². The van der Waals surface area contributed by atoms with Gasteiger partial charge in [0, 0.05) is 20.3 Å². The van der Waals surface area contributed by atoms with E-state index in [1.807, 2.05) is 0 Å². The van der Waals surface area contributed by atoms with Crippen LogP contribution in [0.5, 0.6) is 0 Å². The first kappa shape index (κ1) is 20.8. The summed E-state index contributed by atoms with van der Waals surface area (Å²) in [6.07, 6.45) is 15.1. The maximum absolute atomic E-state index is 5.74. The summed E-state index contributed by atoms with van der Waals surface area (Å²) in [5, 5.41) is 0. The average molecular weight is 317 g/mol. The van der Waals surface area contributed by atoms with Gasteiger partial charge in [0.1, 0.15) is 0 Å². The van der Waals surface area contributed by atoms with Gasteiger partial charge in [-0.25, -0.2) is 0 Å². The Morgan fingerprint density at radius 2 is 1.29 bits per heavy atom. The highest BCUT2D eigenvalue weighted by molar-refractivity contribution is 6.60. The van der Waals surface area contributed by atoms with Gasteiger partial charge < -0.3 is 13.3 Å². The molecule has 0 saturated heterocycles. The van der Waals surface area contributed by atoms with Crippen molar-refractivity contribution in [1.82, 2.24) is 0 Å². The van der Waals surface area contributed by atoms with E-state index < -0.39 is 8.80 Å². The Kier molecular flexibility index (Phi) is 14.6. The van der Waals surface area contributed by atoms with E-state index in [-0.39, 0.29) is 0 Å². The molecule has 0 aliphatic carbocycles. The van der Waals surface area contributed by atoms with Crippen LogP contribution in [-0.2, 0) is 13.3 Å². The molecule has 126 valence electrons. The van der Waals surface area contributed by atoms with Gasteiger partial charge in [0.2, 0.25) is 0 Å². The Bertz CT molecular complexity index is 230. The molecule has 0 aliphatic rings. The molecule has 0 radical (unpaired) electrons. The minimum absolute atomic E-state index is 0.506. The highest BCUT2D eigenvalue weighted by Gasteiger charge is 2.37. The highest BCUT2D eigenvalue weighted by Crippen LogP contribution is 2.19. The first-order chi connectivity index (χ1) is 10.2. The van der Waals surface area contributed by atoms with Crippen LogP contribution in [0.2, 0.25) is 6.04 Å². The zero-order valence-electron chi connectivity index (χ0n) is 14.5. The van der Waals surface area contributed by atoms with E-state index in [9.17, 15) is 0 Å². The molecular weight excluding hydrogens is 280 g/mol. The number of unbranched alkanes of at least 4 members (excludes halogenated alkanes) is 9. The summed E-state index contributed by atoms with van der Waals surface area (Å²) in [5.41, 5.74) is 0. The molecule has 0 aromatic carbocycles. The molecule has 0 fully saturated rings. The van der Waals surface area contributed by atoms with Crippen LogP contribution in [0.3, 0.4) is 0 Å². The molecule has 4 heteroatoms. The van der Waals surface area contributed by atoms with Crippen molar-refractivity contribution in [2.75, 3.05) is 20.8 Å². The number of hydrogen-bond donors (Lipinski definition) is 0. The Morgan fingerprint density at radius 3 is 1.71 bits per heavy atom. The predicted octanol–water partition coefficient (Wildman–Crippen LogP) is 5.34. The average Bonchev–Trinajstić information content (AvgIpc) is 2.52. The third-order valence-corrected chi connectivity index (χ3v) is 6.70. The second-order valence-corrected chi connectivity index (χ2v) is 8.59. The van der Waals surface area contributed by atoms with Crippen molar-refractivity contribution in [3.63, 3.8) is 0 Å². The third kappa shape index (κ3) is 11.1. The molecule has 0 aromatic heterocycles. The monoisotopic (exact) mass is 316 g/mol. The fourth-order valence-corrected chi connectivity index (χ4v) is 4.50. The molecule has 0 atom stereocenters.